The molecule has 110 valence electrons. The SMILES string of the molecule is CS(=O)(=O)O.N=C(N)C1(N)CCCN([N+](=O)[O-])C1=O. The van der Waals surface area contributed by atoms with Crippen molar-refractivity contribution in [1.29, 1.82) is 5.41 Å². The molecule has 1 aliphatic heterocycles. The maximum atomic E-state index is 11.5. The van der Waals surface area contributed by atoms with Gasteiger partial charge in [-0.25, -0.2) is 10.1 Å². The van der Waals surface area contributed by atoms with Gasteiger partial charge in [0.1, 0.15) is 5.84 Å². The topological polar surface area (TPSA) is 194 Å². The van der Waals surface area contributed by atoms with E-state index in [1.807, 2.05) is 0 Å². The van der Waals surface area contributed by atoms with Crippen LogP contribution in [0.15, 0.2) is 0 Å². The molecule has 1 heterocycles. The molecule has 12 heteroatoms. The van der Waals surface area contributed by atoms with Gasteiger partial charge in [0.2, 0.25) is 0 Å². The van der Waals surface area contributed by atoms with Crippen molar-refractivity contribution >= 4 is 21.9 Å². The first-order valence-corrected chi connectivity index (χ1v) is 6.76. The number of rotatable bonds is 2. The molecule has 0 bridgehead atoms. The van der Waals surface area contributed by atoms with Gasteiger partial charge in [-0.05, 0) is 12.8 Å². The van der Waals surface area contributed by atoms with Crippen LogP contribution in [-0.4, -0.2) is 53.1 Å². The van der Waals surface area contributed by atoms with E-state index >= 15 is 0 Å². The molecular formula is C7H15N5O6S. The van der Waals surface area contributed by atoms with E-state index in [0.29, 0.717) is 17.7 Å². The van der Waals surface area contributed by atoms with E-state index in [1.165, 1.54) is 0 Å². The monoisotopic (exact) mass is 297 g/mol. The molecule has 1 atom stereocenters. The van der Waals surface area contributed by atoms with Crippen LogP contribution in [0.4, 0.5) is 0 Å². The highest BCUT2D eigenvalue weighted by Gasteiger charge is 2.48. The standard InChI is InChI=1S/C6H11N5O3.CH4O3S/c7-4(8)6(9)2-1-3-10(5(6)12)11(13)14;1-5(2,3)4/h1-3,9H2,(H3,7,8);1H3,(H,2,3,4). The van der Waals surface area contributed by atoms with Crippen molar-refractivity contribution in [3.05, 3.63) is 10.1 Å². The summed E-state index contributed by atoms with van der Waals surface area (Å²) in [4.78, 5) is 21.9. The van der Waals surface area contributed by atoms with E-state index < -0.39 is 32.4 Å². The first kappa shape index (κ1) is 17.2. The molecule has 1 unspecified atom stereocenters. The summed E-state index contributed by atoms with van der Waals surface area (Å²) in [6.45, 7) is 0.0120. The number of nitrogens with zero attached hydrogens (tertiary/aromatic N) is 2. The lowest BCUT2D eigenvalue weighted by atomic mass is 9.89. The molecule has 1 amide bonds. The van der Waals surface area contributed by atoms with Gasteiger partial charge in [-0.15, -0.1) is 0 Å². The van der Waals surface area contributed by atoms with Crippen molar-refractivity contribution < 1.29 is 22.8 Å². The van der Waals surface area contributed by atoms with Gasteiger partial charge in [0.15, 0.2) is 10.6 Å². The van der Waals surface area contributed by atoms with Crippen molar-refractivity contribution in [2.75, 3.05) is 12.8 Å². The summed E-state index contributed by atoms with van der Waals surface area (Å²) in [7, 11) is -3.67. The largest absolute Gasteiger partial charge is 0.386 e. The van der Waals surface area contributed by atoms with Crippen molar-refractivity contribution in [1.82, 2.24) is 5.01 Å². The van der Waals surface area contributed by atoms with Gasteiger partial charge in [0, 0.05) is 0 Å². The summed E-state index contributed by atoms with van der Waals surface area (Å²) >= 11 is 0. The van der Waals surface area contributed by atoms with Crippen LogP contribution >= 0.6 is 0 Å². The smallest absolute Gasteiger partial charge is 0.310 e. The number of hydrogen-bond acceptors (Lipinski definition) is 7. The van der Waals surface area contributed by atoms with E-state index in [9.17, 15) is 23.3 Å². The van der Waals surface area contributed by atoms with Crippen LogP contribution in [0, 0.1) is 15.5 Å². The lowest BCUT2D eigenvalue weighted by Gasteiger charge is -2.32. The fraction of sp³-hybridized carbons (Fsp3) is 0.714. The summed E-state index contributed by atoms with van der Waals surface area (Å²) in [6.07, 6.45) is 1.25. The van der Waals surface area contributed by atoms with Crippen LogP contribution in [0.5, 0.6) is 0 Å². The lowest BCUT2D eigenvalue weighted by molar-refractivity contribution is -0.636. The minimum absolute atomic E-state index is 0.0120. The van der Waals surface area contributed by atoms with Crippen LogP contribution in [0.25, 0.3) is 0 Å². The zero-order chi connectivity index (χ0) is 15.4. The summed E-state index contributed by atoms with van der Waals surface area (Å²) < 4.78 is 25.9. The summed E-state index contributed by atoms with van der Waals surface area (Å²) in [5.41, 5.74) is 8.97. The van der Waals surface area contributed by atoms with Gasteiger partial charge >= 0.3 is 5.91 Å². The third-order valence-corrected chi connectivity index (χ3v) is 2.23. The summed E-state index contributed by atoms with van der Waals surface area (Å²) in [6, 6.07) is 0. The van der Waals surface area contributed by atoms with E-state index in [0.717, 1.165) is 0 Å². The zero-order valence-corrected chi connectivity index (χ0v) is 10.9. The van der Waals surface area contributed by atoms with Gasteiger partial charge in [0.05, 0.1) is 12.8 Å². The Bertz CT molecular complexity index is 482. The Morgan fingerprint density at radius 3 is 2.37 bits per heavy atom. The summed E-state index contributed by atoms with van der Waals surface area (Å²) in [5.74, 6) is -1.45. The minimum Gasteiger partial charge on any atom is -0.386 e. The van der Waals surface area contributed by atoms with E-state index in [1.54, 1.807) is 0 Å². The Kier molecular flexibility index (Phi) is 5.34. The second-order valence-electron chi connectivity index (χ2n) is 3.89. The molecule has 1 aliphatic rings. The molecule has 6 N–H and O–H groups in total. The van der Waals surface area contributed by atoms with Gasteiger partial charge < -0.3 is 11.5 Å². The molecule has 0 aromatic carbocycles. The predicted molar refractivity (Wildman–Crippen MR) is 64.2 cm³/mol. The van der Waals surface area contributed by atoms with Gasteiger partial charge in [-0.3, -0.25) is 14.8 Å². The maximum Gasteiger partial charge on any atom is 0.310 e. The Morgan fingerprint density at radius 2 is 2.05 bits per heavy atom. The molecular weight excluding hydrogens is 282 g/mol. The highest BCUT2D eigenvalue weighted by atomic mass is 32.2. The quantitative estimate of drug-likeness (QED) is 0.147. The fourth-order valence-electron chi connectivity index (χ4n) is 1.35. The van der Waals surface area contributed by atoms with Crippen LogP contribution < -0.4 is 11.5 Å². The lowest BCUT2D eigenvalue weighted by Crippen LogP contribution is -2.66. The number of piperidine rings is 1. The molecule has 0 aromatic heterocycles. The molecule has 0 aromatic rings. The molecule has 11 nitrogen and oxygen atoms in total. The number of carbonyl (C=O) groups is 1. The van der Waals surface area contributed by atoms with E-state index in [2.05, 4.69) is 0 Å². The normalized spacial score (nSPS) is 23.3. The molecule has 0 aliphatic carbocycles. The van der Waals surface area contributed by atoms with E-state index in [4.69, 9.17) is 21.4 Å². The van der Waals surface area contributed by atoms with Crippen LogP contribution in [-0.2, 0) is 14.9 Å². The Hall–Kier alpha value is -1.79. The number of nitrogens with one attached hydrogen (secondary N) is 1. The predicted octanol–water partition coefficient (Wildman–Crippen LogP) is -2.06. The van der Waals surface area contributed by atoms with Gasteiger partial charge in [0.25, 0.3) is 10.1 Å². The molecule has 0 saturated carbocycles. The Labute approximate surface area is 108 Å². The first-order valence-electron chi connectivity index (χ1n) is 4.91. The van der Waals surface area contributed by atoms with Crippen LogP contribution in [0.1, 0.15) is 12.8 Å². The second-order valence-corrected chi connectivity index (χ2v) is 5.35. The van der Waals surface area contributed by atoms with Crippen molar-refractivity contribution in [3.8, 4) is 0 Å². The molecule has 1 fully saturated rings. The second kappa shape index (κ2) is 5.90. The average molecular weight is 297 g/mol. The number of amidine groups is 1. The molecule has 0 radical (unpaired) electrons. The maximum absolute atomic E-state index is 11.5. The number of amides is 1. The number of hydrogen-bond donors (Lipinski definition) is 4. The highest BCUT2D eigenvalue weighted by molar-refractivity contribution is 7.85. The van der Waals surface area contributed by atoms with Crippen molar-refractivity contribution in [2.45, 2.75) is 18.4 Å². The molecule has 1 saturated heterocycles. The van der Waals surface area contributed by atoms with Crippen LogP contribution in [0.3, 0.4) is 0 Å². The van der Waals surface area contributed by atoms with Gasteiger partial charge in [-0.1, -0.05) is 5.01 Å². The Balaban J connectivity index is 0.000000555. The Morgan fingerprint density at radius 1 is 1.63 bits per heavy atom. The molecule has 19 heavy (non-hydrogen) atoms. The van der Waals surface area contributed by atoms with E-state index in [-0.39, 0.29) is 13.0 Å². The van der Waals surface area contributed by atoms with Gasteiger partial charge in [-0.2, -0.15) is 8.42 Å². The highest BCUT2D eigenvalue weighted by Crippen LogP contribution is 2.19. The zero-order valence-electron chi connectivity index (χ0n) is 10.1. The molecule has 1 rings (SSSR count). The third kappa shape index (κ3) is 5.15. The van der Waals surface area contributed by atoms with Crippen molar-refractivity contribution in [2.24, 2.45) is 11.5 Å². The first-order chi connectivity index (χ1) is 8.39. The van der Waals surface area contributed by atoms with Crippen molar-refractivity contribution in [3.63, 3.8) is 0 Å². The fourth-order valence-corrected chi connectivity index (χ4v) is 1.35. The number of nitrogens with two attached hydrogens (primary N) is 2. The number of carbonyl (C=O) groups excluding carboxylic acids is 1. The minimum atomic E-state index is -3.67. The number of hydrazine groups is 1. The average Bonchev–Trinajstić information content (AvgIpc) is 2.19. The molecule has 0 spiro atoms. The third-order valence-electron chi connectivity index (χ3n) is 2.23. The number of nitro groups is 1. The summed E-state index contributed by atoms with van der Waals surface area (Å²) in [5, 5.41) is 17.1. The van der Waals surface area contributed by atoms with Crippen LogP contribution in [0.2, 0.25) is 0 Å².